The third-order valence-corrected chi connectivity index (χ3v) is 7.81. The molecule has 1 unspecified atom stereocenters. The van der Waals surface area contributed by atoms with Crippen LogP contribution in [0.15, 0.2) is 53.7 Å². The quantitative estimate of drug-likeness (QED) is 0.337. The van der Waals surface area contributed by atoms with Gasteiger partial charge in [-0.1, -0.05) is 29.2 Å². The molecule has 2 aliphatic rings. The number of ketones is 1. The Balaban J connectivity index is 1.41. The fraction of sp³-hybridized carbons (Fsp3) is 0.250. The average Bonchev–Trinajstić information content (AvgIpc) is 3.51. The second-order valence-corrected chi connectivity index (χ2v) is 10.2. The second kappa shape index (κ2) is 8.95. The van der Waals surface area contributed by atoms with Crippen LogP contribution in [-0.4, -0.2) is 43.5 Å². The summed E-state index contributed by atoms with van der Waals surface area (Å²) in [5.41, 5.74) is 1.47. The number of H-pyrrole nitrogens is 1. The molecule has 3 aromatic rings. The number of nitrogens with zero attached hydrogens (tertiary/aromatic N) is 2. The smallest absolute Gasteiger partial charge is 0.197 e. The predicted octanol–water partition coefficient (Wildman–Crippen LogP) is 5.65. The van der Waals surface area contributed by atoms with E-state index in [0.29, 0.717) is 36.5 Å². The molecule has 0 amide bonds. The number of aromatic nitrogens is 1. The van der Waals surface area contributed by atoms with E-state index >= 15 is 4.39 Å². The van der Waals surface area contributed by atoms with E-state index in [2.05, 4.69) is 14.7 Å². The minimum absolute atomic E-state index is 0.149. The van der Waals surface area contributed by atoms with Gasteiger partial charge < -0.3 is 4.98 Å². The van der Waals surface area contributed by atoms with Gasteiger partial charge in [0.2, 0.25) is 0 Å². The topological polar surface area (TPSA) is 101 Å². The average molecular weight is 487 g/mol. The molecule has 3 heterocycles. The molecule has 0 aliphatic carbocycles. The molecule has 178 valence electrons. The van der Waals surface area contributed by atoms with Crippen LogP contribution >= 0.6 is 11.0 Å². The lowest BCUT2D eigenvalue weighted by Crippen LogP contribution is -2.29. The Morgan fingerprint density at radius 3 is 2.56 bits per heavy atom. The number of benzene rings is 2. The van der Waals surface area contributed by atoms with Gasteiger partial charge >= 0.3 is 0 Å². The van der Waals surface area contributed by atoms with Crippen LogP contribution in [0.5, 0.6) is 0 Å². The molecule has 0 bridgehead atoms. The summed E-state index contributed by atoms with van der Waals surface area (Å²) in [6.07, 6.45) is 5.37. The zero-order chi connectivity index (χ0) is 23.9. The van der Waals surface area contributed by atoms with Gasteiger partial charge in [0, 0.05) is 42.5 Å². The van der Waals surface area contributed by atoms with E-state index in [1.54, 1.807) is 18.3 Å². The molecular weight excluding hydrogens is 462 g/mol. The lowest BCUT2D eigenvalue weighted by molar-refractivity contribution is 0.103. The van der Waals surface area contributed by atoms with Crippen LogP contribution in [0, 0.1) is 11.6 Å². The van der Waals surface area contributed by atoms with Gasteiger partial charge in [-0.05, 0) is 49.1 Å². The third-order valence-electron chi connectivity index (χ3n) is 6.23. The minimum atomic E-state index is -3.41. The summed E-state index contributed by atoms with van der Waals surface area (Å²) in [4.78, 5) is 20.7. The summed E-state index contributed by atoms with van der Waals surface area (Å²) in [5, 5.41) is 0. The summed E-state index contributed by atoms with van der Waals surface area (Å²) in [6.45, 7) is 1.00. The first-order valence-corrected chi connectivity index (χ1v) is 12.5. The molecule has 1 aromatic heterocycles. The van der Waals surface area contributed by atoms with E-state index in [1.807, 2.05) is 0 Å². The van der Waals surface area contributed by atoms with E-state index in [0.717, 1.165) is 18.4 Å². The maximum atomic E-state index is 15.4. The number of aliphatic imine (C=N–C) groups is 1. The highest BCUT2D eigenvalue weighted by Gasteiger charge is 2.29. The number of nitrogens with one attached hydrogen (secondary N) is 2. The van der Waals surface area contributed by atoms with Crippen molar-refractivity contribution in [3.63, 3.8) is 0 Å². The van der Waals surface area contributed by atoms with Crippen molar-refractivity contribution in [1.82, 2.24) is 9.29 Å². The van der Waals surface area contributed by atoms with Gasteiger partial charge in [0.1, 0.15) is 11.6 Å². The first kappa shape index (κ1) is 22.7. The van der Waals surface area contributed by atoms with Crippen LogP contribution in [0.1, 0.15) is 45.8 Å². The van der Waals surface area contributed by atoms with E-state index in [4.69, 9.17) is 0 Å². The van der Waals surface area contributed by atoms with Gasteiger partial charge in [0.25, 0.3) is 0 Å². The molecule has 7 nitrogen and oxygen atoms in total. The van der Waals surface area contributed by atoms with Crippen LogP contribution in [0.3, 0.4) is 0 Å². The van der Waals surface area contributed by atoms with Crippen LogP contribution in [0.25, 0.3) is 0 Å². The van der Waals surface area contributed by atoms with Crippen molar-refractivity contribution in [2.45, 2.75) is 25.2 Å². The number of rotatable bonds is 6. The first-order valence-electron chi connectivity index (χ1n) is 11.0. The highest BCUT2D eigenvalue weighted by atomic mass is 32.3. The monoisotopic (exact) mass is 486 g/mol. The highest BCUT2D eigenvalue weighted by Crippen LogP contribution is 2.46. The lowest BCUT2D eigenvalue weighted by Gasteiger charge is -2.41. The van der Waals surface area contributed by atoms with Gasteiger partial charge in [0.15, 0.2) is 11.6 Å². The maximum Gasteiger partial charge on any atom is 0.197 e. The normalized spacial score (nSPS) is 18.6. The summed E-state index contributed by atoms with van der Waals surface area (Å²) < 4.78 is 53.6. The van der Waals surface area contributed by atoms with Gasteiger partial charge in [-0.2, -0.15) is 4.31 Å². The van der Waals surface area contributed by atoms with E-state index in [1.165, 1.54) is 40.8 Å². The molecular formula is C24H24F2N4O3S. The summed E-state index contributed by atoms with van der Waals surface area (Å²) >= 11 is 0. The van der Waals surface area contributed by atoms with Crippen LogP contribution in [-0.2, 0) is 6.42 Å². The largest absolute Gasteiger partial charge is 0.346 e. The van der Waals surface area contributed by atoms with Crippen molar-refractivity contribution in [1.29, 1.82) is 0 Å². The van der Waals surface area contributed by atoms with E-state index in [-0.39, 0.29) is 23.0 Å². The first-order chi connectivity index (χ1) is 16.3. The molecule has 2 aliphatic heterocycles. The Hall–Kier alpha value is -3.05. The van der Waals surface area contributed by atoms with E-state index in [9.17, 15) is 18.3 Å². The number of carbonyl (C=O) groups is 1. The van der Waals surface area contributed by atoms with Crippen molar-refractivity contribution < 1.29 is 22.7 Å². The van der Waals surface area contributed by atoms with Crippen molar-refractivity contribution >= 4 is 34.5 Å². The zero-order valence-corrected chi connectivity index (χ0v) is 19.0. The molecule has 4 N–H and O–H groups in total. The van der Waals surface area contributed by atoms with E-state index < -0.39 is 22.6 Å². The fourth-order valence-electron chi connectivity index (χ4n) is 4.40. The van der Waals surface area contributed by atoms with Crippen molar-refractivity contribution in [3.05, 3.63) is 82.5 Å². The molecule has 5 rings (SSSR count). The minimum Gasteiger partial charge on any atom is -0.346 e. The molecule has 1 saturated heterocycles. The predicted molar refractivity (Wildman–Crippen MR) is 129 cm³/mol. The number of hydrogen-bond acceptors (Lipinski definition) is 6. The number of carbonyl (C=O) groups excluding carboxylic acids is 1. The van der Waals surface area contributed by atoms with Crippen LogP contribution < -0.4 is 4.72 Å². The Kier molecular flexibility index (Phi) is 5.98. The zero-order valence-electron chi connectivity index (χ0n) is 18.2. The molecule has 2 aromatic carbocycles. The Morgan fingerprint density at radius 1 is 1.09 bits per heavy atom. The van der Waals surface area contributed by atoms with Gasteiger partial charge in [-0.3, -0.25) is 18.6 Å². The molecule has 1 fully saturated rings. The molecule has 1 atom stereocenters. The van der Waals surface area contributed by atoms with Crippen molar-refractivity contribution in [2.75, 3.05) is 17.8 Å². The lowest BCUT2D eigenvalue weighted by atomic mass is 9.89. The standard InChI is InChI=1S/C24H24F2N4O3S/c25-17-8-6-15(7-9-17)16-12-19-20(14-28-24(19)27-13-16)23(31)18-4-3-5-21(22(18)26)29-34(32,33)30-10-1-2-11-30/h3-9,13-14,16,28-29,32-33H,1-2,10-12H2. The number of fused-ring (bicyclic) bond motifs is 1. The molecule has 0 spiro atoms. The fourth-order valence-corrected chi connectivity index (χ4v) is 5.75. The highest BCUT2D eigenvalue weighted by molar-refractivity contribution is 8.23. The SMILES string of the molecule is O=C(c1cccc(NS(O)(O)N2CCCC2)c1F)c1c[nH]c2c1CC(c1ccc(F)cc1)C=N2. The maximum absolute atomic E-state index is 15.4. The molecule has 10 heteroatoms. The summed E-state index contributed by atoms with van der Waals surface area (Å²) in [6, 6.07) is 10.4. The Bertz CT molecular complexity index is 1250. The number of anilines is 1. The Morgan fingerprint density at radius 2 is 1.82 bits per heavy atom. The van der Waals surface area contributed by atoms with Crippen molar-refractivity contribution in [2.24, 2.45) is 4.99 Å². The molecule has 0 radical (unpaired) electrons. The number of aromatic amines is 1. The summed E-state index contributed by atoms with van der Waals surface area (Å²) in [7, 11) is -3.41. The Labute approximate surface area is 197 Å². The molecule has 0 saturated carbocycles. The summed E-state index contributed by atoms with van der Waals surface area (Å²) in [5.74, 6) is -1.34. The third kappa shape index (κ3) is 4.25. The van der Waals surface area contributed by atoms with Gasteiger partial charge in [-0.25, -0.2) is 13.8 Å². The second-order valence-electron chi connectivity index (χ2n) is 8.42. The number of hydrogen-bond donors (Lipinski definition) is 4. The number of halogens is 2. The molecule has 34 heavy (non-hydrogen) atoms. The van der Waals surface area contributed by atoms with Gasteiger partial charge in [0.05, 0.1) is 11.3 Å². The van der Waals surface area contributed by atoms with Gasteiger partial charge in [-0.15, -0.1) is 0 Å². The van der Waals surface area contributed by atoms with Crippen molar-refractivity contribution in [3.8, 4) is 0 Å². The van der Waals surface area contributed by atoms with Crippen LogP contribution in [0.2, 0.25) is 0 Å². The van der Waals surface area contributed by atoms with Crippen LogP contribution in [0.4, 0.5) is 20.3 Å².